The summed E-state index contributed by atoms with van der Waals surface area (Å²) in [6.45, 7) is 0. The molecule has 0 amide bonds. The van der Waals surface area contributed by atoms with Crippen LogP contribution in [-0.2, 0) is 0 Å². The molecule has 0 aliphatic heterocycles. The lowest BCUT2D eigenvalue weighted by atomic mass is 9.95. The Kier molecular flexibility index (Phi) is 2.08. The van der Waals surface area contributed by atoms with Crippen molar-refractivity contribution in [2.45, 2.75) is 0 Å². The first-order valence-corrected chi connectivity index (χ1v) is 2.91. The summed E-state index contributed by atoms with van der Waals surface area (Å²) in [5.41, 5.74) is -1.52. The lowest BCUT2D eigenvalue weighted by molar-refractivity contribution is -0.387. The fraction of sp³-hybridized carbons (Fsp3) is 0. The summed E-state index contributed by atoms with van der Waals surface area (Å²) >= 11 is 0. The Bertz CT molecular complexity index is 343. The Labute approximate surface area is 67.6 Å². The molecule has 0 saturated heterocycles. The van der Waals surface area contributed by atoms with Crippen LogP contribution in [0.15, 0.2) is 12.1 Å². The molecule has 0 spiro atoms. The molecule has 0 fully saturated rings. The number of benzene rings is 1. The molecular weight excluding hydrogens is 167 g/mol. The molecule has 0 atom stereocenters. The van der Waals surface area contributed by atoms with Gasteiger partial charge in [-0.3, -0.25) is 10.1 Å². The van der Waals surface area contributed by atoms with Crippen LogP contribution in [0.25, 0.3) is 0 Å². The van der Waals surface area contributed by atoms with Gasteiger partial charge in [0.1, 0.15) is 13.7 Å². The SMILES string of the molecule is [B]c1cc(F)cc([N+](=O)[O-])c1F. The molecule has 0 heterocycles. The molecule has 1 aromatic rings. The van der Waals surface area contributed by atoms with E-state index in [9.17, 15) is 18.9 Å². The number of nitro groups is 1. The van der Waals surface area contributed by atoms with Crippen LogP contribution in [0.2, 0.25) is 0 Å². The Morgan fingerprint density at radius 3 is 2.50 bits per heavy atom. The van der Waals surface area contributed by atoms with E-state index in [0.717, 1.165) is 0 Å². The van der Waals surface area contributed by atoms with E-state index in [1.54, 1.807) is 0 Å². The van der Waals surface area contributed by atoms with Gasteiger partial charge in [0.25, 0.3) is 0 Å². The highest BCUT2D eigenvalue weighted by Gasteiger charge is 2.16. The van der Waals surface area contributed by atoms with Gasteiger partial charge >= 0.3 is 5.69 Å². The molecule has 2 radical (unpaired) electrons. The predicted octanol–water partition coefficient (Wildman–Crippen LogP) is 0.667. The number of nitro benzene ring substituents is 1. The monoisotopic (exact) mass is 169 g/mol. The minimum absolute atomic E-state index is 0.478. The van der Waals surface area contributed by atoms with Gasteiger partial charge < -0.3 is 0 Å². The van der Waals surface area contributed by atoms with Crippen molar-refractivity contribution < 1.29 is 13.7 Å². The molecule has 0 saturated carbocycles. The van der Waals surface area contributed by atoms with Crippen LogP contribution in [-0.4, -0.2) is 12.8 Å². The maximum Gasteiger partial charge on any atom is 0.307 e. The van der Waals surface area contributed by atoms with E-state index in [4.69, 9.17) is 7.85 Å². The molecule has 0 aromatic heterocycles. The molecule has 0 aliphatic rings. The van der Waals surface area contributed by atoms with Crippen molar-refractivity contribution in [1.29, 1.82) is 0 Å². The van der Waals surface area contributed by atoms with E-state index in [1.807, 2.05) is 0 Å². The van der Waals surface area contributed by atoms with E-state index >= 15 is 0 Å². The Hall–Kier alpha value is -1.46. The largest absolute Gasteiger partial charge is 0.307 e. The van der Waals surface area contributed by atoms with Crippen molar-refractivity contribution in [2.24, 2.45) is 0 Å². The molecule has 1 rings (SSSR count). The van der Waals surface area contributed by atoms with E-state index in [1.165, 1.54) is 0 Å². The highest BCUT2D eigenvalue weighted by Crippen LogP contribution is 2.15. The first kappa shape index (κ1) is 8.64. The maximum atomic E-state index is 12.7. The third kappa shape index (κ3) is 1.41. The van der Waals surface area contributed by atoms with Crippen LogP contribution in [0.1, 0.15) is 0 Å². The van der Waals surface area contributed by atoms with Gasteiger partial charge in [0.15, 0.2) is 5.82 Å². The first-order chi connectivity index (χ1) is 5.52. The van der Waals surface area contributed by atoms with Gasteiger partial charge in [0.2, 0.25) is 0 Å². The summed E-state index contributed by atoms with van der Waals surface area (Å²) in [6, 6.07) is 1.16. The zero-order valence-electron chi connectivity index (χ0n) is 5.75. The van der Waals surface area contributed by atoms with Crippen molar-refractivity contribution in [2.75, 3.05) is 0 Å². The summed E-state index contributed by atoms with van der Waals surface area (Å²) in [7, 11) is 4.94. The van der Waals surface area contributed by atoms with E-state index in [0.29, 0.717) is 12.1 Å². The van der Waals surface area contributed by atoms with Crippen molar-refractivity contribution in [3.8, 4) is 0 Å². The number of nitrogens with zero attached hydrogens (tertiary/aromatic N) is 1. The number of rotatable bonds is 1. The molecule has 0 unspecified atom stereocenters. The molecular formula is C6H2BF2NO2. The zero-order valence-corrected chi connectivity index (χ0v) is 5.75. The fourth-order valence-electron chi connectivity index (χ4n) is 0.728. The van der Waals surface area contributed by atoms with Crippen molar-refractivity contribution in [3.63, 3.8) is 0 Å². The minimum Gasteiger partial charge on any atom is -0.258 e. The first-order valence-electron chi connectivity index (χ1n) is 2.91. The van der Waals surface area contributed by atoms with Crippen LogP contribution < -0.4 is 5.46 Å². The number of hydrogen-bond donors (Lipinski definition) is 0. The molecule has 6 heteroatoms. The lowest BCUT2D eigenvalue weighted by Crippen LogP contribution is -2.11. The third-order valence-electron chi connectivity index (χ3n) is 1.24. The second kappa shape index (κ2) is 2.88. The van der Waals surface area contributed by atoms with Crippen molar-refractivity contribution in [3.05, 3.63) is 33.9 Å². The summed E-state index contributed by atoms with van der Waals surface area (Å²) < 4.78 is 25.1. The quantitative estimate of drug-likeness (QED) is 0.352. The predicted molar refractivity (Wildman–Crippen MR) is 38.4 cm³/mol. The maximum absolute atomic E-state index is 12.7. The lowest BCUT2D eigenvalue weighted by Gasteiger charge is -1.97. The highest BCUT2D eigenvalue weighted by atomic mass is 19.1. The smallest absolute Gasteiger partial charge is 0.258 e. The molecule has 0 N–H and O–H groups in total. The summed E-state index contributed by atoms with van der Waals surface area (Å²) in [6.07, 6.45) is 0. The van der Waals surface area contributed by atoms with Crippen molar-refractivity contribution >= 4 is 19.0 Å². The second-order valence-corrected chi connectivity index (χ2v) is 2.09. The van der Waals surface area contributed by atoms with Crippen molar-refractivity contribution in [1.82, 2.24) is 0 Å². The topological polar surface area (TPSA) is 43.1 Å². The van der Waals surface area contributed by atoms with E-state index in [2.05, 4.69) is 0 Å². The van der Waals surface area contributed by atoms with Gasteiger partial charge in [0.05, 0.1) is 11.0 Å². The molecule has 3 nitrogen and oxygen atoms in total. The summed E-state index contributed by atoms with van der Waals surface area (Å²) in [4.78, 5) is 9.04. The van der Waals surface area contributed by atoms with Gasteiger partial charge in [-0.25, -0.2) is 8.78 Å². The van der Waals surface area contributed by atoms with Crippen LogP contribution in [0.5, 0.6) is 0 Å². The van der Waals surface area contributed by atoms with Crippen LogP contribution in [0, 0.1) is 21.7 Å². The van der Waals surface area contributed by atoms with Gasteiger partial charge in [-0.05, 0) is 6.07 Å². The van der Waals surface area contributed by atoms with Crippen LogP contribution in [0.4, 0.5) is 14.5 Å². The summed E-state index contributed by atoms with van der Waals surface area (Å²) in [5, 5.41) is 10.1. The molecule has 60 valence electrons. The minimum atomic E-state index is -1.21. The van der Waals surface area contributed by atoms with Gasteiger partial charge in [-0.15, -0.1) is 0 Å². The Balaban J connectivity index is 3.37. The summed E-state index contributed by atoms with van der Waals surface area (Å²) in [5.74, 6) is -2.14. The Morgan fingerprint density at radius 2 is 2.00 bits per heavy atom. The normalized spacial score (nSPS) is 9.83. The second-order valence-electron chi connectivity index (χ2n) is 2.09. The molecule has 12 heavy (non-hydrogen) atoms. The van der Waals surface area contributed by atoms with Crippen LogP contribution >= 0.6 is 0 Å². The van der Waals surface area contributed by atoms with Gasteiger partial charge in [0, 0.05) is 0 Å². The average molecular weight is 169 g/mol. The van der Waals surface area contributed by atoms with Gasteiger partial charge in [-0.2, -0.15) is 0 Å². The Morgan fingerprint density at radius 1 is 1.42 bits per heavy atom. The standard InChI is InChI=1S/C6H2BF2NO2/c7-4-1-3(8)2-5(6(4)9)10(11)12/h1-2H. The number of hydrogen-bond acceptors (Lipinski definition) is 2. The number of halogens is 2. The van der Waals surface area contributed by atoms with E-state index in [-0.39, 0.29) is 0 Å². The fourth-order valence-corrected chi connectivity index (χ4v) is 0.728. The van der Waals surface area contributed by atoms with E-state index < -0.39 is 27.7 Å². The third-order valence-corrected chi connectivity index (χ3v) is 1.24. The zero-order chi connectivity index (χ0) is 9.30. The van der Waals surface area contributed by atoms with Crippen LogP contribution in [0.3, 0.4) is 0 Å². The average Bonchev–Trinajstić information content (AvgIpc) is 1.96. The highest BCUT2D eigenvalue weighted by molar-refractivity contribution is 6.32. The molecule has 1 aromatic carbocycles. The molecule has 0 bridgehead atoms. The van der Waals surface area contributed by atoms with Gasteiger partial charge in [-0.1, -0.05) is 5.46 Å². The molecule has 0 aliphatic carbocycles.